The van der Waals surface area contributed by atoms with Crippen LogP contribution in [0.4, 0.5) is 4.79 Å². The molecule has 1 aliphatic heterocycles. The predicted octanol–water partition coefficient (Wildman–Crippen LogP) is 2.33. The first-order chi connectivity index (χ1) is 9.58. The van der Waals surface area contributed by atoms with Crippen LogP contribution in [0.1, 0.15) is 32.6 Å². The molecule has 1 rings (SSSR count). The Bertz CT molecular complexity index is 362. The zero-order valence-electron chi connectivity index (χ0n) is 12.1. The van der Waals surface area contributed by atoms with Crippen molar-refractivity contribution in [1.82, 2.24) is 10.2 Å². The first-order valence-electron chi connectivity index (χ1n) is 7.06. The highest BCUT2D eigenvalue weighted by molar-refractivity contribution is 7.99. The number of aliphatic carboxylic acids is 1. The molecule has 6 heteroatoms. The van der Waals surface area contributed by atoms with E-state index in [1.807, 2.05) is 13.0 Å². The second-order valence-electron chi connectivity index (χ2n) is 4.94. The number of amides is 2. The summed E-state index contributed by atoms with van der Waals surface area (Å²) < 4.78 is 0. The van der Waals surface area contributed by atoms with E-state index in [-0.39, 0.29) is 6.03 Å². The van der Waals surface area contributed by atoms with Crippen molar-refractivity contribution in [3.8, 4) is 0 Å². The number of urea groups is 1. The number of hydrogen-bond donors (Lipinski definition) is 2. The topological polar surface area (TPSA) is 69.6 Å². The Labute approximate surface area is 124 Å². The third-order valence-corrected chi connectivity index (χ3v) is 4.52. The Balaban J connectivity index is 2.56. The molecule has 1 saturated heterocycles. The van der Waals surface area contributed by atoms with Gasteiger partial charge in [0.2, 0.25) is 0 Å². The Morgan fingerprint density at radius 3 is 2.90 bits per heavy atom. The average molecular weight is 300 g/mol. The molecule has 0 radical (unpaired) electrons. The predicted molar refractivity (Wildman–Crippen MR) is 82.1 cm³/mol. The maximum absolute atomic E-state index is 12.2. The number of thioether (sulfide) groups is 1. The summed E-state index contributed by atoms with van der Waals surface area (Å²) in [5, 5.41) is 12.3. The van der Waals surface area contributed by atoms with Gasteiger partial charge in [-0.2, -0.15) is 11.8 Å². The summed E-state index contributed by atoms with van der Waals surface area (Å²) in [4.78, 5) is 25.3. The summed E-state index contributed by atoms with van der Waals surface area (Å²) >= 11 is 1.69. The van der Waals surface area contributed by atoms with Crippen LogP contribution in [0.3, 0.4) is 0 Å². The lowest BCUT2D eigenvalue weighted by Crippen LogP contribution is -2.56. The van der Waals surface area contributed by atoms with Gasteiger partial charge in [0.05, 0.1) is 0 Å². The van der Waals surface area contributed by atoms with Crippen LogP contribution < -0.4 is 5.32 Å². The highest BCUT2D eigenvalue weighted by atomic mass is 32.2. The first-order valence-corrected chi connectivity index (χ1v) is 8.21. The van der Waals surface area contributed by atoms with Crippen molar-refractivity contribution < 1.29 is 14.7 Å². The molecule has 0 aromatic carbocycles. The third kappa shape index (κ3) is 3.91. The number of carboxylic acids is 1. The molecule has 2 N–H and O–H groups in total. The van der Waals surface area contributed by atoms with E-state index < -0.39 is 11.5 Å². The number of carbonyl (C=O) groups is 2. The number of rotatable bonds is 8. The Hall–Kier alpha value is -1.17. The SMILES string of the molecule is C=CCSCCNC(=O)N1CCCC1(CCC)C(=O)O. The highest BCUT2D eigenvalue weighted by Crippen LogP contribution is 2.33. The van der Waals surface area contributed by atoms with Crippen molar-refractivity contribution >= 4 is 23.8 Å². The summed E-state index contributed by atoms with van der Waals surface area (Å²) in [6.45, 7) is 6.66. The van der Waals surface area contributed by atoms with Crippen LogP contribution in [0.5, 0.6) is 0 Å². The zero-order valence-corrected chi connectivity index (χ0v) is 12.9. The Morgan fingerprint density at radius 2 is 2.30 bits per heavy atom. The Kier molecular flexibility index (Phi) is 6.91. The van der Waals surface area contributed by atoms with Crippen molar-refractivity contribution in [1.29, 1.82) is 0 Å². The van der Waals surface area contributed by atoms with Crippen molar-refractivity contribution in [2.45, 2.75) is 38.1 Å². The van der Waals surface area contributed by atoms with Gasteiger partial charge in [0, 0.05) is 24.6 Å². The molecule has 0 saturated carbocycles. The fourth-order valence-electron chi connectivity index (χ4n) is 2.67. The lowest BCUT2D eigenvalue weighted by molar-refractivity contribution is -0.148. The average Bonchev–Trinajstić information content (AvgIpc) is 2.84. The van der Waals surface area contributed by atoms with Crippen molar-refractivity contribution in [2.24, 2.45) is 0 Å². The Morgan fingerprint density at radius 1 is 1.55 bits per heavy atom. The molecule has 114 valence electrons. The lowest BCUT2D eigenvalue weighted by Gasteiger charge is -2.34. The van der Waals surface area contributed by atoms with E-state index in [0.717, 1.165) is 24.3 Å². The van der Waals surface area contributed by atoms with Crippen LogP contribution in [-0.4, -0.2) is 52.1 Å². The molecule has 20 heavy (non-hydrogen) atoms. The molecule has 0 spiro atoms. The molecule has 2 amide bonds. The monoisotopic (exact) mass is 300 g/mol. The van der Waals surface area contributed by atoms with Gasteiger partial charge in [0.1, 0.15) is 5.54 Å². The van der Waals surface area contributed by atoms with Crippen LogP contribution in [-0.2, 0) is 4.79 Å². The van der Waals surface area contributed by atoms with Gasteiger partial charge in [0.25, 0.3) is 0 Å². The van der Waals surface area contributed by atoms with E-state index in [9.17, 15) is 14.7 Å². The van der Waals surface area contributed by atoms with Crippen LogP contribution in [0.25, 0.3) is 0 Å². The molecule has 1 unspecified atom stereocenters. The van der Waals surface area contributed by atoms with Crippen molar-refractivity contribution in [2.75, 3.05) is 24.6 Å². The van der Waals surface area contributed by atoms with Crippen LogP contribution in [0, 0.1) is 0 Å². The quantitative estimate of drug-likeness (QED) is 0.533. The van der Waals surface area contributed by atoms with Gasteiger partial charge in [-0.1, -0.05) is 19.4 Å². The number of carboxylic acid groups (broad SMARTS) is 1. The summed E-state index contributed by atoms with van der Waals surface area (Å²) in [7, 11) is 0. The molecule has 1 atom stereocenters. The fourth-order valence-corrected chi connectivity index (χ4v) is 3.25. The number of likely N-dealkylation sites (tertiary alicyclic amines) is 1. The minimum absolute atomic E-state index is 0.252. The second kappa shape index (κ2) is 8.19. The first kappa shape index (κ1) is 16.9. The van der Waals surface area contributed by atoms with Gasteiger partial charge in [-0.05, 0) is 19.3 Å². The number of carbonyl (C=O) groups excluding carboxylic acids is 1. The molecule has 0 aliphatic carbocycles. The van der Waals surface area contributed by atoms with Gasteiger partial charge in [-0.3, -0.25) is 0 Å². The molecular formula is C14H24N2O3S. The van der Waals surface area contributed by atoms with Gasteiger partial charge < -0.3 is 15.3 Å². The van der Waals surface area contributed by atoms with Crippen LogP contribution >= 0.6 is 11.8 Å². The molecule has 0 aromatic rings. The summed E-state index contributed by atoms with van der Waals surface area (Å²) in [5.74, 6) is 0.779. The molecule has 5 nitrogen and oxygen atoms in total. The summed E-state index contributed by atoms with van der Waals surface area (Å²) in [6.07, 6.45) is 4.40. The number of hydrogen-bond acceptors (Lipinski definition) is 3. The molecule has 0 bridgehead atoms. The van der Waals surface area contributed by atoms with Gasteiger partial charge >= 0.3 is 12.0 Å². The highest BCUT2D eigenvalue weighted by Gasteiger charge is 2.49. The molecule has 0 aromatic heterocycles. The van der Waals surface area contributed by atoms with E-state index in [2.05, 4.69) is 11.9 Å². The normalized spacial score (nSPS) is 21.8. The van der Waals surface area contributed by atoms with Gasteiger partial charge in [0.15, 0.2) is 0 Å². The minimum Gasteiger partial charge on any atom is -0.479 e. The molecular weight excluding hydrogens is 276 g/mol. The summed E-state index contributed by atoms with van der Waals surface area (Å²) in [6, 6.07) is -0.252. The summed E-state index contributed by atoms with van der Waals surface area (Å²) in [5.41, 5.74) is -1.01. The van der Waals surface area contributed by atoms with Gasteiger partial charge in [-0.25, -0.2) is 9.59 Å². The van der Waals surface area contributed by atoms with Gasteiger partial charge in [-0.15, -0.1) is 6.58 Å². The second-order valence-corrected chi connectivity index (χ2v) is 6.09. The zero-order chi connectivity index (χ0) is 15.0. The maximum Gasteiger partial charge on any atom is 0.329 e. The smallest absolute Gasteiger partial charge is 0.329 e. The van der Waals surface area contributed by atoms with E-state index >= 15 is 0 Å². The van der Waals surface area contributed by atoms with Crippen molar-refractivity contribution in [3.05, 3.63) is 12.7 Å². The standard InChI is InChI=1S/C14H24N2O3S/c1-3-6-14(12(17)18)7-5-9-16(14)13(19)15-8-11-20-10-4-2/h4H,2-3,5-11H2,1H3,(H,15,19)(H,17,18). The fraction of sp³-hybridized carbons (Fsp3) is 0.714. The number of nitrogens with zero attached hydrogens (tertiary/aromatic N) is 1. The van der Waals surface area contributed by atoms with E-state index in [1.165, 1.54) is 4.90 Å². The van der Waals surface area contributed by atoms with Crippen LogP contribution in [0.15, 0.2) is 12.7 Å². The van der Waals surface area contributed by atoms with E-state index in [1.54, 1.807) is 11.8 Å². The lowest BCUT2D eigenvalue weighted by atomic mass is 9.91. The molecule has 1 heterocycles. The maximum atomic E-state index is 12.2. The van der Waals surface area contributed by atoms with E-state index in [4.69, 9.17) is 0 Å². The number of nitrogens with one attached hydrogen (secondary N) is 1. The van der Waals surface area contributed by atoms with Crippen LogP contribution in [0.2, 0.25) is 0 Å². The molecule has 1 fully saturated rings. The third-order valence-electron chi connectivity index (χ3n) is 3.55. The molecule has 1 aliphatic rings. The van der Waals surface area contributed by atoms with Crippen molar-refractivity contribution in [3.63, 3.8) is 0 Å². The van der Waals surface area contributed by atoms with E-state index in [0.29, 0.717) is 25.9 Å². The minimum atomic E-state index is -1.01. The largest absolute Gasteiger partial charge is 0.479 e.